The molecule has 9 heteroatoms. The van der Waals surface area contributed by atoms with Crippen LogP contribution in [0.2, 0.25) is 0 Å². The van der Waals surface area contributed by atoms with Crippen LogP contribution < -0.4 is 16.0 Å². The van der Waals surface area contributed by atoms with E-state index in [-0.39, 0.29) is 42.2 Å². The number of carbonyl (C=O) groups excluding carboxylic acids is 1. The molecule has 2 aliphatic heterocycles. The first-order valence-electron chi connectivity index (χ1n) is 9.73. The fourth-order valence-electron chi connectivity index (χ4n) is 4.56. The smallest absolute Gasteiger partial charge is 0.223 e. The summed E-state index contributed by atoms with van der Waals surface area (Å²) in [4.78, 5) is 24.7. The quantitative estimate of drug-likeness (QED) is 0.693. The van der Waals surface area contributed by atoms with Crippen LogP contribution in [0.25, 0.3) is 0 Å². The number of benzene rings is 1. The molecule has 2 aromatic rings. The number of rotatable bonds is 5. The highest BCUT2D eigenvalue weighted by Crippen LogP contribution is 2.46. The molecule has 8 nitrogen and oxygen atoms in total. The number of nitrogens with two attached hydrogens (primary N) is 1. The Morgan fingerprint density at radius 3 is 2.86 bits per heavy atom. The van der Waals surface area contributed by atoms with Crippen molar-refractivity contribution in [3.05, 3.63) is 41.7 Å². The minimum Gasteiger partial charge on any atom is -0.395 e. The van der Waals surface area contributed by atoms with Crippen molar-refractivity contribution >= 4 is 23.5 Å². The Balaban J connectivity index is 1.60. The second-order valence-corrected chi connectivity index (χ2v) is 7.62. The zero-order valence-electron chi connectivity index (χ0n) is 16.3. The van der Waals surface area contributed by atoms with Crippen molar-refractivity contribution < 1.29 is 14.3 Å². The Hall–Kier alpha value is -2.94. The molecule has 0 unspecified atom stereocenters. The fourth-order valence-corrected chi connectivity index (χ4v) is 4.56. The zero-order valence-corrected chi connectivity index (χ0v) is 16.3. The number of likely N-dealkylation sites (tertiary alicyclic amines) is 1. The van der Waals surface area contributed by atoms with Crippen LogP contribution in [0.15, 0.2) is 30.3 Å². The summed E-state index contributed by atoms with van der Waals surface area (Å²) in [5.74, 6) is 1.56. The number of fused-ring (bicyclic) bond motifs is 1. The Bertz CT molecular complexity index is 910. The minimum absolute atomic E-state index is 0.00183. The summed E-state index contributed by atoms with van der Waals surface area (Å²) < 4.78 is 13.9. The number of nitrogens with one attached hydrogen (secondary N) is 1. The van der Waals surface area contributed by atoms with E-state index in [1.54, 1.807) is 13.0 Å². The maximum absolute atomic E-state index is 13.9. The number of aromatic nitrogens is 2. The molecule has 3 heterocycles. The first-order valence-corrected chi connectivity index (χ1v) is 9.73. The zero-order chi connectivity index (χ0) is 20.5. The normalized spacial score (nSPS) is 23.3. The SMILES string of the molecule is CC(=O)N1C[C@H]2CN(c3cc(NCCO)nc(N)n3)C[C@H]2[C@H]1c1cccc(F)c1. The molecular formula is C20H25FN6O2. The number of anilines is 3. The molecular weight excluding hydrogens is 375 g/mol. The van der Waals surface area contributed by atoms with Crippen LogP contribution in [-0.4, -0.2) is 58.7 Å². The molecule has 4 N–H and O–H groups in total. The third-order valence-corrected chi connectivity index (χ3v) is 5.73. The van der Waals surface area contributed by atoms with Gasteiger partial charge in [0.15, 0.2) is 0 Å². The van der Waals surface area contributed by atoms with Gasteiger partial charge < -0.3 is 26.0 Å². The predicted molar refractivity (Wildman–Crippen MR) is 108 cm³/mol. The van der Waals surface area contributed by atoms with Crippen LogP contribution in [0.3, 0.4) is 0 Å². The van der Waals surface area contributed by atoms with Gasteiger partial charge in [-0.1, -0.05) is 12.1 Å². The Morgan fingerprint density at radius 1 is 1.31 bits per heavy atom. The first-order chi connectivity index (χ1) is 14.0. The lowest BCUT2D eigenvalue weighted by Gasteiger charge is -2.29. The van der Waals surface area contributed by atoms with Gasteiger partial charge in [-0.3, -0.25) is 4.79 Å². The number of amides is 1. The summed E-state index contributed by atoms with van der Waals surface area (Å²) in [5, 5.41) is 12.0. The van der Waals surface area contributed by atoms with Crippen molar-refractivity contribution in [2.24, 2.45) is 11.8 Å². The molecule has 2 aliphatic rings. The van der Waals surface area contributed by atoms with Crippen LogP contribution >= 0.6 is 0 Å². The van der Waals surface area contributed by atoms with Gasteiger partial charge in [-0.05, 0) is 17.7 Å². The van der Waals surface area contributed by atoms with E-state index in [1.165, 1.54) is 12.1 Å². The van der Waals surface area contributed by atoms with Crippen molar-refractivity contribution in [1.82, 2.24) is 14.9 Å². The number of carbonyl (C=O) groups is 1. The monoisotopic (exact) mass is 400 g/mol. The molecule has 154 valence electrons. The van der Waals surface area contributed by atoms with Crippen LogP contribution in [-0.2, 0) is 4.79 Å². The summed E-state index contributed by atoms with van der Waals surface area (Å²) in [6.07, 6.45) is 0. The highest BCUT2D eigenvalue weighted by molar-refractivity contribution is 5.74. The van der Waals surface area contributed by atoms with Crippen molar-refractivity contribution in [1.29, 1.82) is 0 Å². The number of aliphatic hydroxyl groups is 1. The number of nitrogen functional groups attached to an aromatic ring is 1. The topological polar surface area (TPSA) is 108 Å². The molecule has 1 aromatic heterocycles. The van der Waals surface area contributed by atoms with Gasteiger partial charge in [0.1, 0.15) is 17.5 Å². The van der Waals surface area contributed by atoms with E-state index in [4.69, 9.17) is 10.8 Å². The highest BCUT2D eigenvalue weighted by atomic mass is 19.1. The van der Waals surface area contributed by atoms with Gasteiger partial charge in [0.25, 0.3) is 0 Å². The van der Waals surface area contributed by atoms with Gasteiger partial charge in [0.2, 0.25) is 11.9 Å². The average Bonchev–Trinajstić information content (AvgIpc) is 3.24. The lowest BCUT2D eigenvalue weighted by atomic mass is 9.89. The van der Waals surface area contributed by atoms with Gasteiger partial charge in [-0.25, -0.2) is 4.39 Å². The summed E-state index contributed by atoms with van der Waals surface area (Å²) in [7, 11) is 0. The maximum atomic E-state index is 13.9. The van der Waals surface area contributed by atoms with E-state index < -0.39 is 0 Å². The molecule has 3 atom stereocenters. The average molecular weight is 400 g/mol. The van der Waals surface area contributed by atoms with E-state index in [0.29, 0.717) is 31.3 Å². The van der Waals surface area contributed by atoms with Crippen molar-refractivity contribution in [2.75, 3.05) is 48.7 Å². The number of hydrogen-bond acceptors (Lipinski definition) is 7. The maximum Gasteiger partial charge on any atom is 0.223 e. The largest absolute Gasteiger partial charge is 0.395 e. The van der Waals surface area contributed by atoms with Crippen LogP contribution in [0.5, 0.6) is 0 Å². The first kappa shape index (κ1) is 19.4. The molecule has 0 saturated carbocycles. The second-order valence-electron chi connectivity index (χ2n) is 7.62. The molecule has 0 aliphatic carbocycles. The third kappa shape index (κ3) is 3.82. The van der Waals surface area contributed by atoms with E-state index in [1.807, 2.05) is 17.0 Å². The molecule has 0 radical (unpaired) electrons. The third-order valence-electron chi connectivity index (χ3n) is 5.73. The summed E-state index contributed by atoms with van der Waals surface area (Å²) in [6, 6.07) is 8.16. The van der Waals surface area contributed by atoms with Gasteiger partial charge >= 0.3 is 0 Å². The standard InChI is InChI=1S/C20H25FN6O2/c1-12(29)27-10-14-9-26(18-8-17(23-5-6-28)24-20(22)25-18)11-16(14)19(27)13-3-2-4-15(21)7-13/h2-4,7-8,14,16,19,28H,5-6,9-11H2,1H3,(H3,22,23,24,25)/t14-,16-,19-/m1/s1. The lowest BCUT2D eigenvalue weighted by molar-refractivity contribution is -0.130. The molecule has 1 aromatic carbocycles. The van der Waals surface area contributed by atoms with E-state index in [0.717, 1.165) is 12.1 Å². The Labute approximate surface area is 168 Å². The van der Waals surface area contributed by atoms with Gasteiger partial charge in [0.05, 0.1) is 12.6 Å². The molecule has 2 fully saturated rings. The molecule has 29 heavy (non-hydrogen) atoms. The van der Waals surface area contributed by atoms with Crippen LogP contribution in [0.4, 0.5) is 22.0 Å². The van der Waals surface area contributed by atoms with E-state index in [9.17, 15) is 9.18 Å². The van der Waals surface area contributed by atoms with E-state index >= 15 is 0 Å². The molecule has 1 amide bonds. The summed E-state index contributed by atoms with van der Waals surface area (Å²) in [6.45, 7) is 3.98. The summed E-state index contributed by atoms with van der Waals surface area (Å²) in [5.41, 5.74) is 6.69. The van der Waals surface area contributed by atoms with Gasteiger partial charge in [-0.15, -0.1) is 0 Å². The molecule has 4 rings (SSSR count). The van der Waals surface area contributed by atoms with Gasteiger partial charge in [-0.2, -0.15) is 9.97 Å². The Morgan fingerprint density at radius 2 is 2.14 bits per heavy atom. The second kappa shape index (κ2) is 7.82. The number of aliphatic hydroxyl groups excluding tert-OH is 1. The lowest BCUT2D eigenvalue weighted by Crippen LogP contribution is -2.34. The van der Waals surface area contributed by atoms with Crippen molar-refractivity contribution in [3.63, 3.8) is 0 Å². The fraction of sp³-hybridized carbons (Fsp3) is 0.450. The van der Waals surface area contributed by atoms with E-state index in [2.05, 4.69) is 20.2 Å². The predicted octanol–water partition coefficient (Wildman–Crippen LogP) is 1.26. The van der Waals surface area contributed by atoms with Crippen LogP contribution in [0, 0.1) is 17.7 Å². The van der Waals surface area contributed by atoms with Gasteiger partial charge in [0, 0.05) is 51.0 Å². The van der Waals surface area contributed by atoms with Crippen molar-refractivity contribution in [2.45, 2.75) is 13.0 Å². The molecule has 2 saturated heterocycles. The highest BCUT2D eigenvalue weighted by Gasteiger charge is 2.48. The molecule has 0 spiro atoms. The number of hydrogen-bond donors (Lipinski definition) is 3. The number of nitrogens with zero attached hydrogens (tertiary/aromatic N) is 4. The van der Waals surface area contributed by atoms with Crippen LogP contribution in [0.1, 0.15) is 18.5 Å². The van der Waals surface area contributed by atoms with Crippen molar-refractivity contribution in [3.8, 4) is 0 Å². The summed E-state index contributed by atoms with van der Waals surface area (Å²) >= 11 is 0. The number of halogens is 1. The minimum atomic E-state index is -0.299. The Kier molecular flexibility index (Phi) is 5.23. The molecule has 0 bridgehead atoms.